The maximum absolute atomic E-state index is 14.0. The van der Waals surface area contributed by atoms with Gasteiger partial charge in [-0.05, 0) is 80.3 Å². The Labute approximate surface area is 209 Å². The zero-order chi connectivity index (χ0) is 25.4. The Morgan fingerprint density at radius 3 is 2.50 bits per heavy atom. The van der Waals surface area contributed by atoms with Crippen LogP contribution in [0.25, 0.3) is 0 Å². The third kappa shape index (κ3) is 4.95. The average Bonchev–Trinajstić information content (AvgIpc) is 2.80. The lowest BCUT2D eigenvalue weighted by molar-refractivity contribution is -0.0651. The SMILES string of the molecule is Cc1cc(C#CC2CC3(C2)CN(C)C3)cc(C(=O)NC(c2ccc(F)cc2)c2cc(F)ccc2O)n1. The molecule has 1 saturated carbocycles. The van der Waals surface area contributed by atoms with Crippen LogP contribution in [0.3, 0.4) is 0 Å². The van der Waals surface area contributed by atoms with E-state index in [4.69, 9.17) is 0 Å². The van der Waals surface area contributed by atoms with Crippen molar-refractivity contribution in [3.05, 3.63) is 94.3 Å². The molecule has 7 heteroatoms. The van der Waals surface area contributed by atoms with Gasteiger partial charge in [-0.1, -0.05) is 24.0 Å². The Bertz CT molecular complexity index is 1360. The van der Waals surface area contributed by atoms with Crippen LogP contribution in [-0.4, -0.2) is 41.0 Å². The molecular weight excluding hydrogens is 460 g/mol. The average molecular weight is 488 g/mol. The molecule has 2 aromatic carbocycles. The second-order valence-electron chi connectivity index (χ2n) is 10.1. The molecule has 1 atom stereocenters. The predicted octanol–water partition coefficient (Wildman–Crippen LogP) is 4.59. The van der Waals surface area contributed by atoms with E-state index in [1.807, 2.05) is 6.07 Å². The fourth-order valence-corrected chi connectivity index (χ4v) is 5.44. The summed E-state index contributed by atoms with van der Waals surface area (Å²) >= 11 is 0. The number of carbonyl (C=O) groups excluding carboxylic acids is 1. The molecule has 1 amide bonds. The van der Waals surface area contributed by atoms with Gasteiger partial charge in [-0.25, -0.2) is 13.8 Å². The number of phenolic OH excluding ortho intramolecular Hbond substituents is 1. The standard InChI is InChI=1S/C29H27F2N3O2/c1-18-11-19(3-4-20-14-29(15-20)16-34(2)17-29)12-25(32-18)28(36)33-27(21-5-7-22(30)8-6-21)24-13-23(31)9-10-26(24)35/h5-13,20,27,35H,14-17H2,1-2H3,(H,33,36). The van der Waals surface area contributed by atoms with E-state index in [0.717, 1.165) is 38.1 Å². The molecule has 36 heavy (non-hydrogen) atoms. The molecule has 1 aliphatic carbocycles. The van der Waals surface area contributed by atoms with E-state index in [-0.39, 0.29) is 17.0 Å². The molecule has 2 aliphatic rings. The number of nitrogens with one attached hydrogen (secondary N) is 1. The second-order valence-corrected chi connectivity index (χ2v) is 10.1. The summed E-state index contributed by atoms with van der Waals surface area (Å²) in [6, 6.07) is 11.5. The van der Waals surface area contributed by atoms with Crippen molar-refractivity contribution in [2.45, 2.75) is 25.8 Å². The molecule has 184 valence electrons. The van der Waals surface area contributed by atoms with E-state index >= 15 is 0 Å². The maximum atomic E-state index is 14.0. The zero-order valence-electron chi connectivity index (χ0n) is 20.2. The van der Waals surface area contributed by atoms with Crippen molar-refractivity contribution in [3.8, 4) is 17.6 Å². The van der Waals surface area contributed by atoms with Gasteiger partial charge in [0.05, 0.1) is 6.04 Å². The number of benzene rings is 2. The van der Waals surface area contributed by atoms with Crippen molar-refractivity contribution in [1.29, 1.82) is 0 Å². The molecule has 1 aliphatic heterocycles. The minimum absolute atomic E-state index is 0.156. The third-order valence-corrected chi connectivity index (χ3v) is 6.96. The van der Waals surface area contributed by atoms with Gasteiger partial charge in [0.1, 0.15) is 23.1 Å². The van der Waals surface area contributed by atoms with E-state index in [1.165, 1.54) is 30.3 Å². The van der Waals surface area contributed by atoms with Crippen molar-refractivity contribution in [1.82, 2.24) is 15.2 Å². The second kappa shape index (κ2) is 9.36. The molecule has 5 nitrogen and oxygen atoms in total. The summed E-state index contributed by atoms with van der Waals surface area (Å²) in [5.74, 6) is 5.19. The zero-order valence-corrected chi connectivity index (χ0v) is 20.2. The highest BCUT2D eigenvalue weighted by molar-refractivity contribution is 5.93. The molecule has 5 rings (SSSR count). The largest absolute Gasteiger partial charge is 0.508 e. The summed E-state index contributed by atoms with van der Waals surface area (Å²) in [5, 5.41) is 13.2. The Balaban J connectivity index is 1.38. The monoisotopic (exact) mass is 487 g/mol. The Kier molecular flexibility index (Phi) is 6.23. The lowest BCUT2D eigenvalue weighted by Crippen LogP contribution is -2.60. The molecule has 3 aromatic rings. The van der Waals surface area contributed by atoms with Crippen LogP contribution in [0.4, 0.5) is 8.78 Å². The highest BCUT2D eigenvalue weighted by atomic mass is 19.1. The molecule has 0 bridgehead atoms. The number of amides is 1. The number of pyridine rings is 1. The van der Waals surface area contributed by atoms with Crippen LogP contribution in [0.15, 0.2) is 54.6 Å². The number of carbonyl (C=O) groups is 1. The number of rotatable bonds is 4. The first-order chi connectivity index (χ1) is 17.2. The van der Waals surface area contributed by atoms with Gasteiger partial charge in [0.15, 0.2) is 0 Å². The number of aromatic nitrogens is 1. The summed E-state index contributed by atoms with van der Waals surface area (Å²) in [6.07, 6.45) is 2.22. The first-order valence-corrected chi connectivity index (χ1v) is 11.9. The summed E-state index contributed by atoms with van der Waals surface area (Å²) in [7, 11) is 2.13. The van der Waals surface area contributed by atoms with Gasteiger partial charge in [-0.15, -0.1) is 0 Å². The number of hydrogen-bond donors (Lipinski definition) is 2. The van der Waals surface area contributed by atoms with Crippen molar-refractivity contribution in [2.24, 2.45) is 11.3 Å². The lowest BCUT2D eigenvalue weighted by atomic mass is 9.58. The Morgan fingerprint density at radius 2 is 1.81 bits per heavy atom. The van der Waals surface area contributed by atoms with Crippen LogP contribution in [0.5, 0.6) is 5.75 Å². The fraction of sp³-hybridized carbons (Fsp3) is 0.310. The van der Waals surface area contributed by atoms with Gasteiger partial charge in [-0.3, -0.25) is 4.79 Å². The number of aryl methyl sites for hydroxylation is 1. The summed E-state index contributed by atoms with van der Waals surface area (Å²) in [5.41, 5.74) is 2.59. The molecule has 2 heterocycles. The molecule has 2 N–H and O–H groups in total. The molecule has 0 radical (unpaired) electrons. The first kappa shape index (κ1) is 24.0. The van der Waals surface area contributed by atoms with Crippen LogP contribution < -0.4 is 5.32 Å². The molecular formula is C29H27F2N3O2. The van der Waals surface area contributed by atoms with Crippen molar-refractivity contribution >= 4 is 5.91 Å². The Morgan fingerprint density at radius 1 is 1.11 bits per heavy atom. The number of phenols is 1. The summed E-state index contributed by atoms with van der Waals surface area (Å²) in [4.78, 5) is 19.9. The predicted molar refractivity (Wildman–Crippen MR) is 132 cm³/mol. The van der Waals surface area contributed by atoms with Gasteiger partial charge in [-0.2, -0.15) is 0 Å². The molecule has 1 spiro atoms. The van der Waals surface area contributed by atoms with E-state index in [0.29, 0.717) is 28.2 Å². The van der Waals surface area contributed by atoms with Gasteiger partial charge in [0.25, 0.3) is 5.91 Å². The number of halogens is 2. The normalized spacial score (nSPS) is 17.4. The molecule has 2 fully saturated rings. The van der Waals surface area contributed by atoms with E-state index < -0.39 is 23.6 Å². The fourth-order valence-electron chi connectivity index (χ4n) is 5.44. The van der Waals surface area contributed by atoms with Crippen molar-refractivity contribution < 1.29 is 18.7 Å². The van der Waals surface area contributed by atoms with Gasteiger partial charge >= 0.3 is 0 Å². The number of nitrogens with zero attached hydrogens (tertiary/aromatic N) is 2. The van der Waals surface area contributed by atoms with Gasteiger partial charge in [0.2, 0.25) is 0 Å². The maximum Gasteiger partial charge on any atom is 0.270 e. The molecule has 1 unspecified atom stereocenters. The van der Waals surface area contributed by atoms with E-state index in [2.05, 4.69) is 34.1 Å². The lowest BCUT2D eigenvalue weighted by Gasteiger charge is -2.57. The first-order valence-electron chi connectivity index (χ1n) is 11.9. The number of likely N-dealkylation sites (tertiary alicyclic amines) is 1. The summed E-state index contributed by atoms with van der Waals surface area (Å²) in [6.45, 7) is 4.07. The molecule has 1 aromatic heterocycles. The highest BCUT2D eigenvalue weighted by Crippen LogP contribution is 2.51. The van der Waals surface area contributed by atoms with Gasteiger partial charge in [0, 0.05) is 35.8 Å². The minimum Gasteiger partial charge on any atom is -0.508 e. The van der Waals surface area contributed by atoms with Crippen LogP contribution in [0.2, 0.25) is 0 Å². The van der Waals surface area contributed by atoms with E-state index in [9.17, 15) is 18.7 Å². The highest BCUT2D eigenvalue weighted by Gasteiger charge is 2.50. The molecule has 1 saturated heterocycles. The van der Waals surface area contributed by atoms with Crippen LogP contribution in [-0.2, 0) is 0 Å². The van der Waals surface area contributed by atoms with Crippen LogP contribution in [0, 0.1) is 41.7 Å². The third-order valence-electron chi connectivity index (χ3n) is 6.96. The Hall–Kier alpha value is -3.76. The topological polar surface area (TPSA) is 65.5 Å². The minimum atomic E-state index is -0.919. The number of hydrogen-bond acceptors (Lipinski definition) is 4. The summed E-state index contributed by atoms with van der Waals surface area (Å²) < 4.78 is 27.6. The quantitative estimate of drug-likeness (QED) is 0.529. The van der Waals surface area contributed by atoms with Gasteiger partial charge < -0.3 is 15.3 Å². The van der Waals surface area contributed by atoms with Crippen LogP contribution in [0.1, 0.15) is 51.8 Å². The van der Waals surface area contributed by atoms with Crippen molar-refractivity contribution in [2.75, 3.05) is 20.1 Å². The number of aromatic hydroxyl groups is 1. The smallest absolute Gasteiger partial charge is 0.270 e. The van der Waals surface area contributed by atoms with Crippen molar-refractivity contribution in [3.63, 3.8) is 0 Å². The van der Waals surface area contributed by atoms with E-state index in [1.54, 1.807) is 13.0 Å². The van der Waals surface area contributed by atoms with Crippen LogP contribution >= 0.6 is 0 Å².